The molecule has 1 atom stereocenters. The molecule has 1 heterocycles. The Kier molecular flexibility index (Phi) is 2.82. The van der Waals surface area contributed by atoms with Crippen molar-refractivity contribution in [3.05, 3.63) is 35.4 Å². The fraction of sp³-hybridized carbons (Fsp3) is 0.538. The minimum Gasteiger partial charge on any atom is -0.289 e. The largest absolute Gasteiger partial charge is 0.289 e. The molecule has 1 nitrogen and oxygen atoms in total. The molecule has 82 valence electrons. The van der Waals surface area contributed by atoms with E-state index >= 15 is 0 Å². The lowest BCUT2D eigenvalue weighted by Crippen LogP contribution is -2.23. The molecule has 0 aromatic heterocycles. The number of benzene rings is 1. The number of hydrogen-bond donors (Lipinski definition) is 0. The van der Waals surface area contributed by atoms with Crippen LogP contribution in [0, 0.1) is 6.92 Å². The van der Waals surface area contributed by atoms with Gasteiger partial charge in [0.2, 0.25) is 0 Å². The molecule has 0 aliphatic carbocycles. The van der Waals surface area contributed by atoms with Gasteiger partial charge in [0, 0.05) is 11.3 Å². The molecule has 1 aliphatic heterocycles. The SMILES string of the molecule is Cc1ccc(C2SC(C)(C)CN2C)cc1. The van der Waals surface area contributed by atoms with Crippen LogP contribution in [0.2, 0.25) is 0 Å². The Balaban J connectivity index is 2.21. The molecule has 0 saturated carbocycles. The summed E-state index contributed by atoms with van der Waals surface area (Å²) in [7, 11) is 2.21. The summed E-state index contributed by atoms with van der Waals surface area (Å²) >= 11 is 2.06. The fourth-order valence-electron chi connectivity index (χ4n) is 2.17. The monoisotopic (exact) mass is 221 g/mol. The predicted octanol–water partition coefficient (Wildman–Crippen LogP) is 3.45. The van der Waals surface area contributed by atoms with Crippen molar-refractivity contribution in [3.63, 3.8) is 0 Å². The predicted molar refractivity (Wildman–Crippen MR) is 68.2 cm³/mol. The Labute approximate surface area is 96.9 Å². The van der Waals surface area contributed by atoms with E-state index in [1.807, 2.05) is 0 Å². The van der Waals surface area contributed by atoms with Gasteiger partial charge >= 0.3 is 0 Å². The van der Waals surface area contributed by atoms with Crippen LogP contribution in [0.1, 0.15) is 30.3 Å². The lowest BCUT2D eigenvalue weighted by Gasteiger charge is -2.18. The van der Waals surface area contributed by atoms with Crippen molar-refractivity contribution in [2.24, 2.45) is 0 Å². The molecule has 0 radical (unpaired) electrons. The zero-order chi connectivity index (χ0) is 11.1. The standard InChI is InChI=1S/C13H19NS/c1-10-5-7-11(8-6-10)12-14(4)9-13(2,3)15-12/h5-8,12H,9H2,1-4H3. The van der Waals surface area contributed by atoms with Crippen molar-refractivity contribution in [3.8, 4) is 0 Å². The van der Waals surface area contributed by atoms with Gasteiger partial charge in [-0.05, 0) is 33.4 Å². The summed E-state index contributed by atoms with van der Waals surface area (Å²) in [6.07, 6.45) is 0. The molecule has 15 heavy (non-hydrogen) atoms. The van der Waals surface area contributed by atoms with Crippen LogP contribution in [0.3, 0.4) is 0 Å². The highest BCUT2D eigenvalue weighted by atomic mass is 32.2. The molecule has 2 rings (SSSR count). The molecule has 1 fully saturated rings. The van der Waals surface area contributed by atoms with Crippen molar-refractivity contribution >= 4 is 11.8 Å². The highest BCUT2D eigenvalue weighted by molar-refractivity contribution is 8.01. The van der Waals surface area contributed by atoms with Crippen molar-refractivity contribution in [2.75, 3.05) is 13.6 Å². The topological polar surface area (TPSA) is 3.24 Å². The molecule has 2 heteroatoms. The first-order valence-electron chi connectivity index (χ1n) is 5.43. The van der Waals surface area contributed by atoms with E-state index < -0.39 is 0 Å². The second kappa shape index (κ2) is 3.84. The van der Waals surface area contributed by atoms with Crippen molar-refractivity contribution in [2.45, 2.75) is 30.9 Å². The number of thioether (sulfide) groups is 1. The lowest BCUT2D eigenvalue weighted by atomic mass is 10.1. The minimum absolute atomic E-state index is 0.379. The highest BCUT2D eigenvalue weighted by Crippen LogP contribution is 2.47. The van der Waals surface area contributed by atoms with Gasteiger partial charge in [0.05, 0.1) is 5.37 Å². The summed E-state index contributed by atoms with van der Waals surface area (Å²) in [5.74, 6) is 0. The first-order chi connectivity index (χ1) is 6.98. The van der Waals surface area contributed by atoms with E-state index in [1.165, 1.54) is 11.1 Å². The Bertz CT molecular complexity index is 342. The van der Waals surface area contributed by atoms with Crippen molar-refractivity contribution < 1.29 is 0 Å². The summed E-state index contributed by atoms with van der Waals surface area (Å²) in [6.45, 7) is 7.94. The van der Waals surface area contributed by atoms with Gasteiger partial charge in [-0.2, -0.15) is 0 Å². The van der Waals surface area contributed by atoms with Gasteiger partial charge in [-0.3, -0.25) is 4.90 Å². The van der Waals surface area contributed by atoms with Crippen LogP contribution in [0.5, 0.6) is 0 Å². The third-order valence-electron chi connectivity index (χ3n) is 2.82. The zero-order valence-electron chi connectivity index (χ0n) is 9.95. The van der Waals surface area contributed by atoms with Gasteiger partial charge in [-0.1, -0.05) is 29.8 Å². The Morgan fingerprint density at radius 2 is 1.87 bits per heavy atom. The van der Waals surface area contributed by atoms with E-state index in [0.29, 0.717) is 10.1 Å². The van der Waals surface area contributed by atoms with Gasteiger partial charge in [0.15, 0.2) is 0 Å². The van der Waals surface area contributed by atoms with E-state index in [-0.39, 0.29) is 0 Å². The second-order valence-electron chi connectivity index (χ2n) is 5.06. The summed E-state index contributed by atoms with van der Waals surface area (Å²) in [5.41, 5.74) is 2.77. The minimum atomic E-state index is 0.379. The van der Waals surface area contributed by atoms with Crippen LogP contribution in [-0.4, -0.2) is 23.2 Å². The van der Waals surface area contributed by atoms with E-state index in [4.69, 9.17) is 0 Å². The van der Waals surface area contributed by atoms with Gasteiger partial charge in [0.25, 0.3) is 0 Å². The van der Waals surface area contributed by atoms with Crippen molar-refractivity contribution in [1.82, 2.24) is 4.90 Å². The van der Waals surface area contributed by atoms with Crippen LogP contribution >= 0.6 is 11.8 Å². The summed E-state index contributed by atoms with van der Waals surface area (Å²) in [5, 5.41) is 0.528. The Morgan fingerprint density at radius 1 is 1.27 bits per heavy atom. The first kappa shape index (κ1) is 11.0. The summed E-state index contributed by atoms with van der Waals surface area (Å²) in [6, 6.07) is 8.92. The fourth-order valence-corrected chi connectivity index (χ4v) is 3.60. The van der Waals surface area contributed by atoms with Gasteiger partial charge < -0.3 is 0 Å². The van der Waals surface area contributed by atoms with Crippen LogP contribution in [0.15, 0.2) is 24.3 Å². The van der Waals surface area contributed by atoms with E-state index in [9.17, 15) is 0 Å². The molecule has 1 aromatic rings. The van der Waals surface area contributed by atoms with Gasteiger partial charge in [0.1, 0.15) is 0 Å². The molecule has 0 amide bonds. The Hall–Kier alpha value is -0.470. The highest BCUT2D eigenvalue weighted by Gasteiger charge is 2.36. The molecular formula is C13H19NS. The maximum atomic E-state index is 2.44. The van der Waals surface area contributed by atoms with Crippen LogP contribution < -0.4 is 0 Å². The molecule has 0 spiro atoms. The third-order valence-corrected chi connectivity index (χ3v) is 4.45. The van der Waals surface area contributed by atoms with Crippen LogP contribution in [0.25, 0.3) is 0 Å². The second-order valence-corrected chi connectivity index (χ2v) is 6.84. The zero-order valence-corrected chi connectivity index (χ0v) is 10.8. The first-order valence-corrected chi connectivity index (χ1v) is 6.30. The quantitative estimate of drug-likeness (QED) is 0.714. The summed E-state index contributed by atoms with van der Waals surface area (Å²) in [4.78, 5) is 2.44. The molecule has 1 unspecified atom stereocenters. The number of rotatable bonds is 1. The average molecular weight is 221 g/mol. The number of nitrogens with zero attached hydrogens (tertiary/aromatic N) is 1. The number of aryl methyl sites for hydroxylation is 1. The molecular weight excluding hydrogens is 202 g/mol. The van der Waals surface area contributed by atoms with E-state index in [2.05, 4.69) is 68.7 Å². The van der Waals surface area contributed by atoms with E-state index in [0.717, 1.165) is 6.54 Å². The molecule has 1 aliphatic rings. The molecule has 0 N–H and O–H groups in total. The van der Waals surface area contributed by atoms with Crippen molar-refractivity contribution in [1.29, 1.82) is 0 Å². The summed E-state index contributed by atoms with van der Waals surface area (Å²) < 4.78 is 0.379. The molecule has 1 saturated heterocycles. The maximum absolute atomic E-state index is 2.44. The van der Waals surface area contributed by atoms with Crippen LogP contribution in [-0.2, 0) is 0 Å². The molecule has 0 bridgehead atoms. The molecule has 1 aromatic carbocycles. The van der Waals surface area contributed by atoms with E-state index in [1.54, 1.807) is 0 Å². The van der Waals surface area contributed by atoms with Gasteiger partial charge in [-0.15, -0.1) is 11.8 Å². The maximum Gasteiger partial charge on any atom is 0.0818 e. The average Bonchev–Trinajstić information content (AvgIpc) is 2.41. The normalized spacial score (nSPS) is 25.7. The number of hydrogen-bond acceptors (Lipinski definition) is 2. The smallest absolute Gasteiger partial charge is 0.0818 e. The Morgan fingerprint density at radius 3 is 2.33 bits per heavy atom. The van der Waals surface area contributed by atoms with Crippen LogP contribution in [0.4, 0.5) is 0 Å². The third kappa shape index (κ3) is 2.37. The van der Waals surface area contributed by atoms with Gasteiger partial charge in [-0.25, -0.2) is 0 Å². The lowest BCUT2D eigenvalue weighted by molar-refractivity contribution is 0.325.